The Labute approximate surface area is 279 Å². The van der Waals surface area contributed by atoms with E-state index in [9.17, 15) is 0 Å². The molecule has 0 amide bonds. The first kappa shape index (κ1) is 27.7. The first-order valence-electron chi connectivity index (χ1n) is 14.3. The number of halogens is 4. The monoisotopic (exact) mass is 806 g/mol. The summed E-state index contributed by atoms with van der Waals surface area (Å²) in [5.41, 5.74) is 14.2. The third-order valence-corrected chi connectivity index (χ3v) is 12.0. The maximum atomic E-state index is 6.35. The molecule has 6 aliphatic rings. The highest BCUT2D eigenvalue weighted by Gasteiger charge is 2.47. The van der Waals surface area contributed by atoms with Crippen LogP contribution in [0.4, 0.5) is 0 Å². The maximum Gasteiger partial charge on any atom is 0.107 e. The Kier molecular flexibility index (Phi) is 7.24. The van der Waals surface area contributed by atoms with E-state index in [1.54, 1.807) is 11.1 Å². The van der Waals surface area contributed by atoms with E-state index < -0.39 is 0 Å². The molecule has 0 radical (unpaired) electrons. The Balaban J connectivity index is 0.000000107. The normalized spacial score (nSPS) is 23.9. The fourth-order valence-electron chi connectivity index (χ4n) is 7.04. The lowest BCUT2D eigenvalue weighted by Crippen LogP contribution is -2.15. The van der Waals surface area contributed by atoms with Crippen LogP contribution in [0.2, 0.25) is 0 Å². The van der Waals surface area contributed by atoms with Crippen molar-refractivity contribution in [2.24, 2.45) is 0 Å². The SMILES string of the molecule is Brc1ccc(Br)c2c1C1C=CC2O1.Brc1ccc(Br)c2c1C1OC2C2=C1Cc1ccccc1C2.c1ccc2c(c1)CC2. The summed E-state index contributed by atoms with van der Waals surface area (Å²) in [6.07, 6.45) is 9.50. The average Bonchev–Trinajstić information content (AvgIpc) is 3.78. The quantitative estimate of drug-likeness (QED) is 0.165. The average molecular weight is 810 g/mol. The number of hydrogen-bond acceptors (Lipinski definition) is 2. The molecule has 10 rings (SSSR count). The minimum atomic E-state index is 0.139. The maximum absolute atomic E-state index is 6.35. The molecule has 4 bridgehead atoms. The Hall–Kier alpha value is -1.80. The number of rotatable bonds is 0. The van der Waals surface area contributed by atoms with Gasteiger partial charge in [0.2, 0.25) is 0 Å². The molecule has 4 atom stereocenters. The van der Waals surface area contributed by atoms with E-state index in [0.717, 1.165) is 21.8 Å². The van der Waals surface area contributed by atoms with Crippen molar-refractivity contribution in [3.8, 4) is 0 Å². The van der Waals surface area contributed by atoms with Gasteiger partial charge in [0.1, 0.15) is 24.4 Å². The lowest BCUT2D eigenvalue weighted by Gasteiger charge is -2.26. The smallest absolute Gasteiger partial charge is 0.107 e. The Morgan fingerprint density at radius 2 is 0.833 bits per heavy atom. The van der Waals surface area contributed by atoms with E-state index in [-0.39, 0.29) is 24.4 Å². The van der Waals surface area contributed by atoms with Crippen LogP contribution in [0, 0.1) is 0 Å². The predicted molar refractivity (Wildman–Crippen MR) is 181 cm³/mol. The lowest BCUT2D eigenvalue weighted by molar-refractivity contribution is 0.0777. The predicted octanol–water partition coefficient (Wildman–Crippen LogP) is 11.1. The first-order valence-corrected chi connectivity index (χ1v) is 17.5. The van der Waals surface area contributed by atoms with Crippen LogP contribution in [-0.2, 0) is 35.2 Å². The highest BCUT2D eigenvalue weighted by molar-refractivity contribution is 9.11. The van der Waals surface area contributed by atoms with Crippen LogP contribution < -0.4 is 0 Å². The zero-order chi connectivity index (χ0) is 28.5. The lowest BCUT2D eigenvalue weighted by atomic mass is 9.77. The molecule has 0 saturated heterocycles. The summed E-state index contributed by atoms with van der Waals surface area (Å²) in [6, 6.07) is 25.8. The van der Waals surface area contributed by atoms with Crippen molar-refractivity contribution < 1.29 is 9.47 Å². The molecule has 2 aliphatic carbocycles. The van der Waals surface area contributed by atoms with E-state index in [0.29, 0.717) is 0 Å². The minimum Gasteiger partial charge on any atom is -0.357 e. The summed E-state index contributed by atoms with van der Waals surface area (Å²) in [5, 5.41) is 0. The summed E-state index contributed by atoms with van der Waals surface area (Å²) >= 11 is 14.5. The zero-order valence-electron chi connectivity index (χ0n) is 22.5. The van der Waals surface area contributed by atoms with Gasteiger partial charge in [0.15, 0.2) is 0 Å². The summed E-state index contributed by atoms with van der Waals surface area (Å²) in [6.45, 7) is 0. The molecule has 4 unspecified atom stereocenters. The van der Waals surface area contributed by atoms with Crippen LogP contribution >= 0.6 is 63.7 Å². The van der Waals surface area contributed by atoms with Crippen molar-refractivity contribution in [3.05, 3.63) is 158 Å². The van der Waals surface area contributed by atoms with E-state index >= 15 is 0 Å². The highest BCUT2D eigenvalue weighted by atomic mass is 79.9. The molecule has 4 heterocycles. The molecule has 0 fully saturated rings. The fourth-order valence-corrected chi connectivity index (χ4v) is 9.29. The van der Waals surface area contributed by atoms with Crippen molar-refractivity contribution in [2.75, 3.05) is 0 Å². The number of aryl methyl sites for hydroxylation is 2. The van der Waals surface area contributed by atoms with E-state index in [2.05, 4.69) is 149 Å². The number of fused-ring (bicyclic) bond motifs is 14. The van der Waals surface area contributed by atoms with Crippen LogP contribution in [0.25, 0.3) is 0 Å². The fraction of sp³-hybridized carbons (Fsp3) is 0.222. The van der Waals surface area contributed by atoms with Crippen molar-refractivity contribution in [1.82, 2.24) is 0 Å². The Bertz CT molecular complexity index is 1700. The second-order valence-corrected chi connectivity index (χ2v) is 14.8. The van der Waals surface area contributed by atoms with Gasteiger partial charge in [0.05, 0.1) is 0 Å². The van der Waals surface area contributed by atoms with Crippen LogP contribution in [0.5, 0.6) is 0 Å². The number of benzene rings is 4. The molecule has 4 aromatic rings. The highest BCUT2D eigenvalue weighted by Crippen LogP contribution is 2.60. The number of ether oxygens (including phenoxy) is 2. The first-order chi connectivity index (χ1) is 20.5. The van der Waals surface area contributed by atoms with Gasteiger partial charge >= 0.3 is 0 Å². The van der Waals surface area contributed by atoms with Gasteiger partial charge in [0.25, 0.3) is 0 Å². The van der Waals surface area contributed by atoms with Gasteiger partial charge in [-0.3, -0.25) is 0 Å². The molecule has 42 heavy (non-hydrogen) atoms. The van der Waals surface area contributed by atoms with Gasteiger partial charge in [0, 0.05) is 40.1 Å². The molecule has 4 aromatic carbocycles. The molecule has 0 saturated carbocycles. The second-order valence-electron chi connectivity index (χ2n) is 11.4. The van der Waals surface area contributed by atoms with Gasteiger partial charge in [-0.2, -0.15) is 0 Å². The molecule has 0 aromatic heterocycles. The van der Waals surface area contributed by atoms with E-state index in [1.165, 1.54) is 66.3 Å². The molecular weight excluding hydrogens is 784 g/mol. The molecule has 2 nitrogen and oxygen atoms in total. The van der Waals surface area contributed by atoms with Crippen molar-refractivity contribution >= 4 is 63.7 Å². The Morgan fingerprint density at radius 3 is 1.21 bits per heavy atom. The second kappa shape index (κ2) is 11.0. The number of hydrogen-bond donors (Lipinski definition) is 0. The van der Waals surface area contributed by atoms with Crippen molar-refractivity contribution in [1.29, 1.82) is 0 Å². The van der Waals surface area contributed by atoms with Crippen LogP contribution in [0.15, 0.2) is 114 Å². The third kappa shape index (κ3) is 4.52. The minimum absolute atomic E-state index is 0.139. The Morgan fingerprint density at radius 1 is 0.452 bits per heavy atom. The van der Waals surface area contributed by atoms with Gasteiger partial charge in [-0.25, -0.2) is 0 Å². The van der Waals surface area contributed by atoms with Crippen LogP contribution in [0.1, 0.15) is 68.9 Å². The van der Waals surface area contributed by atoms with Gasteiger partial charge in [-0.15, -0.1) is 0 Å². The largest absolute Gasteiger partial charge is 0.357 e. The molecule has 0 spiro atoms. The summed E-state index contributed by atoms with van der Waals surface area (Å²) in [5.74, 6) is 0. The molecule has 210 valence electrons. The van der Waals surface area contributed by atoms with Crippen molar-refractivity contribution in [2.45, 2.75) is 50.1 Å². The zero-order valence-corrected chi connectivity index (χ0v) is 28.9. The standard InChI is InChI=1S/C18H12Br2O.C10H6Br2O.C8H8/c19-13-5-6-14(20)16-15(13)17-11-7-9-3-1-2-4-10(9)8-12(11)18(16)21-17;11-5-1-2-6(12)10-8-4-3-7(13-8)9(5)10;1-2-4-8-6-5-7(8)3-1/h1-6,17-18H,7-8H2;1-4,7-8H;1-4H,5-6H2. The van der Waals surface area contributed by atoms with E-state index in [1.807, 2.05) is 0 Å². The summed E-state index contributed by atoms with van der Waals surface area (Å²) in [7, 11) is 0. The summed E-state index contributed by atoms with van der Waals surface area (Å²) in [4.78, 5) is 0. The topological polar surface area (TPSA) is 18.5 Å². The third-order valence-electron chi connectivity index (χ3n) is 9.19. The van der Waals surface area contributed by atoms with Gasteiger partial charge in [-0.05, 0) is 83.3 Å². The summed E-state index contributed by atoms with van der Waals surface area (Å²) < 4.78 is 16.7. The van der Waals surface area contributed by atoms with Crippen LogP contribution in [-0.4, -0.2) is 0 Å². The van der Waals surface area contributed by atoms with Gasteiger partial charge in [-0.1, -0.05) is 124 Å². The van der Waals surface area contributed by atoms with Crippen molar-refractivity contribution in [3.63, 3.8) is 0 Å². The van der Waals surface area contributed by atoms with Crippen LogP contribution in [0.3, 0.4) is 0 Å². The van der Waals surface area contributed by atoms with Gasteiger partial charge < -0.3 is 9.47 Å². The molecule has 0 N–H and O–H groups in total. The molecule has 6 heteroatoms. The molecular formula is C36H26Br4O2. The van der Waals surface area contributed by atoms with E-state index in [4.69, 9.17) is 9.47 Å². The molecule has 4 aliphatic heterocycles.